The molecule has 7 heteroatoms. The van der Waals surface area contributed by atoms with Gasteiger partial charge >= 0.3 is 0 Å². The van der Waals surface area contributed by atoms with Gasteiger partial charge in [0.15, 0.2) is 12.7 Å². The van der Waals surface area contributed by atoms with Crippen LogP contribution < -0.4 is 20.3 Å². The van der Waals surface area contributed by atoms with Gasteiger partial charge in [-0.05, 0) is 54.1 Å². The second-order valence-corrected chi connectivity index (χ2v) is 6.49. The number of ether oxygens (including phenoxy) is 2. The first kappa shape index (κ1) is 19.5. The highest BCUT2D eigenvalue weighted by Crippen LogP contribution is 2.20. The molecule has 3 aromatic carbocycles. The van der Waals surface area contributed by atoms with E-state index in [1.807, 2.05) is 36.4 Å². The van der Waals surface area contributed by atoms with E-state index in [4.69, 9.17) is 21.1 Å². The van der Waals surface area contributed by atoms with E-state index in [0.29, 0.717) is 16.5 Å². The number of amides is 2. The Hall–Kier alpha value is -3.25. The maximum Gasteiger partial charge on any atom is 0.279 e. The lowest BCUT2D eigenvalue weighted by Crippen LogP contribution is -2.48. The largest absolute Gasteiger partial charge is 0.484 e. The van der Waals surface area contributed by atoms with Crippen molar-refractivity contribution >= 4 is 34.2 Å². The molecule has 0 aromatic heterocycles. The zero-order valence-corrected chi connectivity index (χ0v) is 15.9. The minimum absolute atomic E-state index is 0.231. The fourth-order valence-corrected chi connectivity index (χ4v) is 2.57. The molecule has 0 aliphatic heterocycles. The number of nitrogens with one attached hydrogen (secondary N) is 2. The Balaban J connectivity index is 1.43. The molecule has 0 saturated carbocycles. The fourth-order valence-electron chi connectivity index (χ4n) is 2.45. The van der Waals surface area contributed by atoms with Crippen molar-refractivity contribution in [2.45, 2.75) is 13.0 Å². The van der Waals surface area contributed by atoms with Crippen molar-refractivity contribution < 1.29 is 19.1 Å². The molecule has 28 heavy (non-hydrogen) atoms. The van der Waals surface area contributed by atoms with Gasteiger partial charge in [0.05, 0.1) is 0 Å². The summed E-state index contributed by atoms with van der Waals surface area (Å²) in [7, 11) is 0. The van der Waals surface area contributed by atoms with Gasteiger partial charge in [-0.15, -0.1) is 0 Å². The van der Waals surface area contributed by atoms with Gasteiger partial charge in [0.25, 0.3) is 11.8 Å². The molecule has 3 rings (SSSR count). The van der Waals surface area contributed by atoms with Gasteiger partial charge in [0.1, 0.15) is 11.5 Å². The minimum Gasteiger partial charge on any atom is -0.484 e. The molecular weight excluding hydrogens is 380 g/mol. The van der Waals surface area contributed by atoms with E-state index < -0.39 is 17.9 Å². The Morgan fingerprint density at radius 3 is 2.36 bits per heavy atom. The van der Waals surface area contributed by atoms with E-state index in [0.717, 1.165) is 10.8 Å². The number of hydrogen-bond acceptors (Lipinski definition) is 4. The molecule has 0 heterocycles. The van der Waals surface area contributed by atoms with E-state index in [2.05, 4.69) is 10.9 Å². The smallest absolute Gasteiger partial charge is 0.279 e. The zero-order chi connectivity index (χ0) is 19.9. The average Bonchev–Trinajstić information content (AvgIpc) is 2.71. The third-order valence-corrected chi connectivity index (χ3v) is 4.16. The fraction of sp³-hybridized carbons (Fsp3) is 0.143. The van der Waals surface area contributed by atoms with Crippen molar-refractivity contribution in [3.8, 4) is 11.5 Å². The van der Waals surface area contributed by atoms with Gasteiger partial charge in [-0.2, -0.15) is 0 Å². The number of hydrazine groups is 1. The highest BCUT2D eigenvalue weighted by atomic mass is 35.5. The van der Waals surface area contributed by atoms with Gasteiger partial charge < -0.3 is 9.47 Å². The predicted molar refractivity (Wildman–Crippen MR) is 107 cm³/mol. The number of fused-ring (bicyclic) bond motifs is 1. The summed E-state index contributed by atoms with van der Waals surface area (Å²) in [6.07, 6.45) is -0.803. The van der Waals surface area contributed by atoms with Gasteiger partial charge in [0.2, 0.25) is 0 Å². The van der Waals surface area contributed by atoms with Gasteiger partial charge in [-0.1, -0.05) is 41.9 Å². The minimum atomic E-state index is -0.803. The number of rotatable bonds is 6. The molecule has 2 N–H and O–H groups in total. The molecule has 0 aliphatic rings. The molecular formula is C21H19ClN2O4. The topological polar surface area (TPSA) is 76.7 Å². The van der Waals surface area contributed by atoms with Crippen LogP contribution in [0.1, 0.15) is 6.92 Å². The van der Waals surface area contributed by atoms with Crippen molar-refractivity contribution in [1.82, 2.24) is 10.9 Å². The zero-order valence-electron chi connectivity index (χ0n) is 15.1. The summed E-state index contributed by atoms with van der Waals surface area (Å²) in [5.41, 5.74) is 4.61. The first-order valence-corrected chi connectivity index (χ1v) is 9.01. The third kappa shape index (κ3) is 5.37. The molecule has 0 saturated heterocycles. The summed E-state index contributed by atoms with van der Waals surface area (Å²) >= 11 is 5.80. The van der Waals surface area contributed by atoms with Crippen molar-refractivity contribution in [2.24, 2.45) is 0 Å². The summed E-state index contributed by atoms with van der Waals surface area (Å²) in [5, 5.41) is 2.67. The average molecular weight is 399 g/mol. The van der Waals surface area contributed by atoms with Crippen LogP contribution in [0.4, 0.5) is 0 Å². The number of carbonyl (C=O) groups excluding carboxylic acids is 2. The normalized spacial score (nSPS) is 11.5. The highest BCUT2D eigenvalue weighted by Gasteiger charge is 2.15. The molecule has 3 aromatic rings. The lowest BCUT2D eigenvalue weighted by molar-refractivity contribution is -0.133. The Bertz CT molecular complexity index is 976. The van der Waals surface area contributed by atoms with Crippen molar-refractivity contribution in [3.63, 3.8) is 0 Å². The highest BCUT2D eigenvalue weighted by molar-refractivity contribution is 6.30. The first-order valence-electron chi connectivity index (χ1n) is 8.64. The van der Waals surface area contributed by atoms with Crippen LogP contribution in [0, 0.1) is 0 Å². The summed E-state index contributed by atoms with van der Waals surface area (Å²) in [4.78, 5) is 23.9. The summed E-state index contributed by atoms with van der Waals surface area (Å²) in [6.45, 7) is 1.34. The Labute approximate surface area is 167 Å². The summed E-state index contributed by atoms with van der Waals surface area (Å²) in [5.74, 6) is 0.0897. The first-order chi connectivity index (χ1) is 13.5. The van der Waals surface area contributed by atoms with Crippen LogP contribution in [-0.2, 0) is 9.59 Å². The van der Waals surface area contributed by atoms with Gasteiger partial charge in [-0.3, -0.25) is 20.4 Å². The van der Waals surface area contributed by atoms with Crippen LogP contribution in [-0.4, -0.2) is 24.5 Å². The maximum absolute atomic E-state index is 12.0. The van der Waals surface area contributed by atoms with Gasteiger partial charge in [0, 0.05) is 5.02 Å². The van der Waals surface area contributed by atoms with Crippen molar-refractivity contribution in [3.05, 3.63) is 71.8 Å². The van der Waals surface area contributed by atoms with Crippen LogP contribution in [0.5, 0.6) is 11.5 Å². The molecule has 0 radical (unpaired) electrons. The van der Waals surface area contributed by atoms with Crippen LogP contribution in [0.15, 0.2) is 66.7 Å². The van der Waals surface area contributed by atoms with E-state index in [9.17, 15) is 9.59 Å². The summed E-state index contributed by atoms with van der Waals surface area (Å²) in [6, 6.07) is 20.0. The van der Waals surface area contributed by atoms with Crippen molar-refractivity contribution in [1.29, 1.82) is 0 Å². The monoisotopic (exact) mass is 398 g/mol. The molecule has 0 aliphatic carbocycles. The number of carbonyl (C=O) groups is 2. The molecule has 0 bridgehead atoms. The Kier molecular flexibility index (Phi) is 6.34. The molecule has 144 valence electrons. The second kappa shape index (κ2) is 9.10. The Morgan fingerprint density at radius 2 is 1.61 bits per heavy atom. The molecule has 0 spiro atoms. The molecule has 1 atom stereocenters. The van der Waals surface area contributed by atoms with Crippen molar-refractivity contribution in [2.75, 3.05) is 6.61 Å². The third-order valence-electron chi connectivity index (χ3n) is 3.91. The predicted octanol–water partition coefficient (Wildman–Crippen LogP) is 3.49. The van der Waals surface area contributed by atoms with Crippen LogP contribution in [0.2, 0.25) is 5.02 Å². The molecule has 2 amide bonds. The standard InChI is InChI=1S/C21H19ClN2O4/c1-14(28-18-10-7-17(22)8-11-18)21(26)24-23-20(25)13-27-19-9-6-15-4-2-3-5-16(15)12-19/h2-12,14H,13H2,1H3,(H,23,25)(H,24,26). The Morgan fingerprint density at radius 1 is 0.929 bits per heavy atom. The second-order valence-electron chi connectivity index (χ2n) is 6.05. The van der Waals surface area contributed by atoms with Crippen LogP contribution in [0.3, 0.4) is 0 Å². The molecule has 6 nitrogen and oxygen atoms in total. The number of hydrogen-bond donors (Lipinski definition) is 2. The van der Waals surface area contributed by atoms with E-state index in [1.165, 1.54) is 0 Å². The van der Waals surface area contributed by atoms with E-state index in [-0.39, 0.29) is 6.61 Å². The van der Waals surface area contributed by atoms with Crippen LogP contribution in [0.25, 0.3) is 10.8 Å². The quantitative estimate of drug-likeness (QED) is 0.623. The number of benzene rings is 3. The SMILES string of the molecule is CC(Oc1ccc(Cl)cc1)C(=O)NNC(=O)COc1ccc2ccccc2c1. The van der Waals surface area contributed by atoms with E-state index in [1.54, 1.807) is 37.3 Å². The number of halogens is 1. The summed E-state index contributed by atoms with van der Waals surface area (Å²) < 4.78 is 10.9. The lowest BCUT2D eigenvalue weighted by atomic mass is 10.1. The van der Waals surface area contributed by atoms with Gasteiger partial charge in [-0.25, -0.2) is 0 Å². The molecule has 0 fully saturated rings. The lowest BCUT2D eigenvalue weighted by Gasteiger charge is -2.15. The van der Waals surface area contributed by atoms with Crippen LogP contribution >= 0.6 is 11.6 Å². The van der Waals surface area contributed by atoms with E-state index >= 15 is 0 Å². The maximum atomic E-state index is 12.0. The molecule has 1 unspecified atom stereocenters.